The molecule has 0 spiro atoms. The Bertz CT molecular complexity index is 1090. The summed E-state index contributed by atoms with van der Waals surface area (Å²) in [6, 6.07) is 11.0. The molecular formula is C22H26FN3O4S. The van der Waals surface area contributed by atoms with Gasteiger partial charge in [0.25, 0.3) is 0 Å². The maximum atomic E-state index is 14.0. The molecule has 1 heterocycles. The molecule has 9 heteroatoms. The van der Waals surface area contributed by atoms with Crippen LogP contribution in [0.25, 0.3) is 0 Å². The highest BCUT2D eigenvalue weighted by Crippen LogP contribution is 2.27. The number of halogens is 1. The summed E-state index contributed by atoms with van der Waals surface area (Å²) in [7, 11) is -3.69. The number of amides is 2. The average molecular weight is 448 g/mol. The third kappa shape index (κ3) is 5.61. The summed E-state index contributed by atoms with van der Waals surface area (Å²) in [6.45, 7) is 2.57. The van der Waals surface area contributed by atoms with Gasteiger partial charge in [0, 0.05) is 37.3 Å². The first-order chi connectivity index (χ1) is 14.7. The fourth-order valence-corrected chi connectivity index (χ4v) is 4.63. The first-order valence-corrected chi connectivity index (χ1v) is 11.9. The average Bonchev–Trinajstić information content (AvgIpc) is 3.11. The number of aryl methyl sites for hydroxylation is 1. The maximum Gasteiger partial charge on any atom is 0.232 e. The van der Waals surface area contributed by atoms with Crippen molar-refractivity contribution in [3.05, 3.63) is 53.8 Å². The van der Waals surface area contributed by atoms with Crippen LogP contribution >= 0.6 is 0 Å². The number of nitrogens with zero attached hydrogens (tertiary/aromatic N) is 2. The number of anilines is 3. The summed E-state index contributed by atoms with van der Waals surface area (Å²) in [4.78, 5) is 26.0. The van der Waals surface area contributed by atoms with Crippen molar-refractivity contribution in [1.29, 1.82) is 0 Å². The second-order valence-electron chi connectivity index (χ2n) is 7.59. The fourth-order valence-electron chi connectivity index (χ4n) is 3.66. The van der Waals surface area contributed by atoms with Crippen LogP contribution in [0.3, 0.4) is 0 Å². The predicted octanol–water partition coefficient (Wildman–Crippen LogP) is 3.45. The van der Waals surface area contributed by atoms with Crippen LogP contribution in [0.1, 0.15) is 31.2 Å². The summed E-state index contributed by atoms with van der Waals surface area (Å²) in [5.41, 5.74) is 2.30. The van der Waals surface area contributed by atoms with Crippen molar-refractivity contribution < 1.29 is 22.4 Å². The smallest absolute Gasteiger partial charge is 0.232 e. The van der Waals surface area contributed by atoms with E-state index in [0.717, 1.165) is 28.2 Å². The van der Waals surface area contributed by atoms with E-state index in [4.69, 9.17) is 0 Å². The van der Waals surface area contributed by atoms with Crippen molar-refractivity contribution in [2.24, 2.45) is 0 Å². The van der Waals surface area contributed by atoms with Crippen molar-refractivity contribution in [3.63, 3.8) is 0 Å². The summed E-state index contributed by atoms with van der Waals surface area (Å²) in [5, 5.41) is 2.79. The zero-order chi connectivity index (χ0) is 22.6. The first kappa shape index (κ1) is 22.7. The molecule has 3 rings (SSSR count). The lowest BCUT2D eigenvalue weighted by Crippen LogP contribution is -2.32. The molecule has 0 unspecified atom stereocenters. The van der Waals surface area contributed by atoms with Crippen molar-refractivity contribution in [1.82, 2.24) is 0 Å². The molecular weight excluding hydrogens is 421 g/mol. The van der Waals surface area contributed by atoms with Gasteiger partial charge in [0.1, 0.15) is 5.82 Å². The normalized spacial score (nSPS) is 14.0. The minimum Gasteiger partial charge on any atom is -0.326 e. The Morgan fingerprint density at radius 1 is 1.23 bits per heavy atom. The highest BCUT2D eigenvalue weighted by Gasteiger charge is 2.23. The number of nitrogens with one attached hydrogen (secondary N) is 1. The Hall–Kier alpha value is -2.94. The molecule has 0 aliphatic carbocycles. The quantitative estimate of drug-likeness (QED) is 0.672. The maximum absolute atomic E-state index is 14.0. The number of hydrogen-bond acceptors (Lipinski definition) is 4. The SMILES string of the molecule is Cc1cc(NC(=O)CCCN(c2ccccc2F)S(C)(=O)=O)ccc1N1CCCC1=O. The molecule has 2 amide bonds. The largest absolute Gasteiger partial charge is 0.326 e. The van der Waals surface area contributed by atoms with E-state index in [2.05, 4.69) is 5.32 Å². The van der Waals surface area contributed by atoms with Crippen LogP contribution in [0.5, 0.6) is 0 Å². The standard InChI is InChI=1S/C22H26FN3O4S/c1-16-15-17(11-12-19(16)25-13-6-10-22(25)28)24-21(27)9-5-14-26(31(2,29)30)20-8-4-3-7-18(20)23/h3-4,7-8,11-12,15H,5-6,9-10,13-14H2,1-2H3,(H,24,27). The molecule has 1 saturated heterocycles. The summed E-state index contributed by atoms with van der Waals surface area (Å²) in [5.74, 6) is -0.805. The molecule has 0 saturated carbocycles. The highest BCUT2D eigenvalue weighted by atomic mass is 32.2. The Kier molecular flexibility index (Phi) is 6.94. The number of benzene rings is 2. The van der Waals surface area contributed by atoms with Gasteiger partial charge in [0.2, 0.25) is 21.8 Å². The summed E-state index contributed by atoms with van der Waals surface area (Å²) < 4.78 is 39.2. The fraction of sp³-hybridized carbons (Fsp3) is 0.364. The molecule has 166 valence electrons. The van der Waals surface area contributed by atoms with Gasteiger partial charge in [-0.3, -0.25) is 13.9 Å². The predicted molar refractivity (Wildman–Crippen MR) is 119 cm³/mol. The van der Waals surface area contributed by atoms with E-state index in [1.54, 1.807) is 23.1 Å². The van der Waals surface area contributed by atoms with Gasteiger partial charge in [0.15, 0.2) is 0 Å². The van der Waals surface area contributed by atoms with Crippen molar-refractivity contribution in [3.8, 4) is 0 Å². The number of rotatable bonds is 8. The van der Waals surface area contributed by atoms with E-state index < -0.39 is 15.8 Å². The third-order valence-corrected chi connectivity index (χ3v) is 6.31. The molecule has 2 aromatic rings. The Balaban J connectivity index is 1.59. The van der Waals surface area contributed by atoms with Gasteiger partial charge >= 0.3 is 0 Å². The molecule has 1 aliphatic heterocycles. The lowest BCUT2D eigenvalue weighted by atomic mass is 10.1. The summed E-state index contributed by atoms with van der Waals surface area (Å²) in [6.07, 6.45) is 2.71. The van der Waals surface area contributed by atoms with Crippen LogP contribution in [-0.4, -0.2) is 39.6 Å². The third-order valence-electron chi connectivity index (χ3n) is 5.13. The lowest BCUT2D eigenvalue weighted by molar-refractivity contribution is -0.117. The molecule has 7 nitrogen and oxygen atoms in total. The topological polar surface area (TPSA) is 86.8 Å². The van der Waals surface area contributed by atoms with Crippen molar-refractivity contribution in [2.75, 3.05) is 33.9 Å². The highest BCUT2D eigenvalue weighted by molar-refractivity contribution is 7.92. The molecule has 1 aliphatic rings. The van der Waals surface area contributed by atoms with Crippen LogP contribution in [0.4, 0.5) is 21.5 Å². The molecule has 0 bridgehead atoms. The van der Waals surface area contributed by atoms with Crippen LogP contribution in [0.2, 0.25) is 0 Å². The van der Waals surface area contributed by atoms with Crippen molar-refractivity contribution >= 4 is 38.9 Å². The second kappa shape index (κ2) is 9.47. The van der Waals surface area contributed by atoms with Crippen LogP contribution in [0, 0.1) is 12.7 Å². The minimum atomic E-state index is -3.69. The molecule has 0 atom stereocenters. The molecule has 2 aromatic carbocycles. The Morgan fingerprint density at radius 2 is 1.97 bits per heavy atom. The first-order valence-electron chi connectivity index (χ1n) is 10.1. The van der Waals surface area contributed by atoms with Crippen molar-refractivity contribution in [2.45, 2.75) is 32.6 Å². The Morgan fingerprint density at radius 3 is 2.58 bits per heavy atom. The summed E-state index contributed by atoms with van der Waals surface area (Å²) >= 11 is 0. The molecule has 31 heavy (non-hydrogen) atoms. The minimum absolute atomic E-state index is 0.0117. The van der Waals surface area contributed by atoms with Gasteiger partial charge in [0.05, 0.1) is 11.9 Å². The Labute approximate surface area is 181 Å². The van der Waals surface area contributed by atoms with Gasteiger partial charge in [-0.05, 0) is 55.7 Å². The number of para-hydroxylation sites is 1. The van der Waals surface area contributed by atoms with E-state index in [-0.39, 0.29) is 36.9 Å². The van der Waals surface area contributed by atoms with Gasteiger partial charge in [-0.25, -0.2) is 12.8 Å². The zero-order valence-electron chi connectivity index (χ0n) is 17.6. The monoisotopic (exact) mass is 447 g/mol. The zero-order valence-corrected chi connectivity index (χ0v) is 18.4. The number of carbonyl (C=O) groups excluding carboxylic acids is 2. The molecule has 0 radical (unpaired) electrons. The molecule has 0 aromatic heterocycles. The van der Waals surface area contributed by atoms with Crippen LogP contribution < -0.4 is 14.5 Å². The van der Waals surface area contributed by atoms with Crippen LogP contribution in [0.15, 0.2) is 42.5 Å². The lowest BCUT2D eigenvalue weighted by Gasteiger charge is -2.22. The molecule has 1 fully saturated rings. The van der Waals surface area contributed by atoms with E-state index in [1.165, 1.54) is 18.2 Å². The van der Waals surface area contributed by atoms with E-state index in [9.17, 15) is 22.4 Å². The van der Waals surface area contributed by atoms with E-state index in [0.29, 0.717) is 18.7 Å². The van der Waals surface area contributed by atoms with Crippen LogP contribution in [-0.2, 0) is 19.6 Å². The molecule has 1 N–H and O–H groups in total. The van der Waals surface area contributed by atoms with E-state index in [1.807, 2.05) is 13.0 Å². The second-order valence-corrected chi connectivity index (χ2v) is 9.50. The van der Waals surface area contributed by atoms with Gasteiger partial charge in [-0.2, -0.15) is 0 Å². The number of carbonyl (C=O) groups is 2. The van der Waals surface area contributed by atoms with Gasteiger partial charge in [-0.1, -0.05) is 12.1 Å². The van der Waals surface area contributed by atoms with Gasteiger partial charge < -0.3 is 10.2 Å². The number of sulfonamides is 1. The van der Waals surface area contributed by atoms with Gasteiger partial charge in [-0.15, -0.1) is 0 Å². The number of hydrogen-bond donors (Lipinski definition) is 1. The van der Waals surface area contributed by atoms with E-state index >= 15 is 0 Å².